The average Bonchev–Trinajstić information content (AvgIpc) is 0.851. The zero-order valence-corrected chi connectivity index (χ0v) is 59.5. The quantitative estimate of drug-likeness (QED) is 0.0204. The molecule has 12 unspecified atom stereocenters. The second kappa shape index (κ2) is 63.2. The predicted octanol–water partition coefficient (Wildman–Crippen LogP) is 17.2. The van der Waals surface area contributed by atoms with Crippen LogP contribution in [0.2, 0.25) is 0 Å². The Morgan fingerprint density at radius 1 is 0.398 bits per heavy atom. The number of amides is 1. The number of unbranched alkanes of at least 4 members (excludes halogenated alkanes) is 44. The molecule has 0 saturated carbocycles. The zero-order valence-electron chi connectivity index (χ0n) is 59.5. The Bertz CT molecular complexity index is 1790. The van der Waals surface area contributed by atoms with Gasteiger partial charge in [0.25, 0.3) is 0 Å². The molecule has 0 aromatic rings. The van der Waals surface area contributed by atoms with Gasteiger partial charge in [-0.2, -0.15) is 0 Å². The van der Waals surface area contributed by atoms with Gasteiger partial charge in [0.15, 0.2) is 12.6 Å². The first-order valence-corrected chi connectivity index (χ1v) is 39.0. The lowest BCUT2D eigenvalue weighted by Gasteiger charge is -2.46. The molecule has 9 N–H and O–H groups in total. The predicted molar refractivity (Wildman–Crippen MR) is 383 cm³/mol. The molecule has 1 amide bonds. The Balaban J connectivity index is 1.63. The molecule has 12 atom stereocenters. The maximum atomic E-state index is 13.4. The summed E-state index contributed by atoms with van der Waals surface area (Å²) in [6.07, 6.45) is 68.6. The van der Waals surface area contributed by atoms with Gasteiger partial charge in [-0.1, -0.05) is 338 Å². The number of aliphatic hydroxyl groups is 8. The van der Waals surface area contributed by atoms with Crippen molar-refractivity contribution in [1.29, 1.82) is 0 Å². The lowest BCUT2D eigenvalue weighted by molar-refractivity contribution is -0.359. The number of allylic oxidation sites excluding steroid dienone is 9. The first-order valence-electron chi connectivity index (χ1n) is 39.0. The molecule has 2 aliphatic heterocycles. The highest BCUT2D eigenvalue weighted by Gasteiger charge is 2.51. The maximum absolute atomic E-state index is 13.4. The zero-order chi connectivity index (χ0) is 67.3. The fourth-order valence-electron chi connectivity index (χ4n) is 12.8. The second-order valence-corrected chi connectivity index (χ2v) is 27.5. The van der Waals surface area contributed by atoms with Crippen molar-refractivity contribution in [3.63, 3.8) is 0 Å². The van der Waals surface area contributed by atoms with Crippen LogP contribution in [-0.2, 0) is 23.7 Å². The molecular weight excluding hydrogens is 1170 g/mol. The van der Waals surface area contributed by atoms with Gasteiger partial charge in [0.1, 0.15) is 48.8 Å². The van der Waals surface area contributed by atoms with Gasteiger partial charge in [-0.3, -0.25) is 4.79 Å². The van der Waals surface area contributed by atoms with Crippen molar-refractivity contribution in [2.75, 3.05) is 19.8 Å². The summed E-state index contributed by atoms with van der Waals surface area (Å²) in [6.45, 7) is 2.74. The number of aliphatic hydroxyl groups excluding tert-OH is 8. The van der Waals surface area contributed by atoms with Crippen LogP contribution in [0.5, 0.6) is 0 Å². The van der Waals surface area contributed by atoms with E-state index in [2.05, 4.69) is 67.8 Å². The summed E-state index contributed by atoms with van der Waals surface area (Å²) in [5.41, 5.74) is 0. The van der Waals surface area contributed by atoms with Crippen molar-refractivity contribution in [2.45, 2.75) is 415 Å². The summed E-state index contributed by atoms with van der Waals surface area (Å²) in [6, 6.07) is -0.917. The highest BCUT2D eigenvalue weighted by Crippen LogP contribution is 2.30. The van der Waals surface area contributed by atoms with Crippen molar-refractivity contribution in [2.24, 2.45) is 0 Å². The third-order valence-electron chi connectivity index (χ3n) is 19.0. The van der Waals surface area contributed by atoms with Crippen molar-refractivity contribution in [3.05, 3.63) is 60.8 Å². The molecule has 2 rings (SSSR count). The van der Waals surface area contributed by atoms with Crippen molar-refractivity contribution in [1.82, 2.24) is 5.32 Å². The minimum absolute atomic E-state index is 0.234. The van der Waals surface area contributed by atoms with Crippen LogP contribution in [0.25, 0.3) is 0 Å². The number of carbonyl (C=O) groups is 1. The molecule has 2 saturated heterocycles. The molecule has 0 aliphatic carbocycles. The van der Waals surface area contributed by atoms with E-state index in [1.54, 1.807) is 6.08 Å². The van der Waals surface area contributed by atoms with Crippen LogP contribution in [0.3, 0.4) is 0 Å². The lowest BCUT2D eigenvalue weighted by atomic mass is 9.97. The molecule has 14 heteroatoms. The number of ether oxygens (including phenoxy) is 4. The third kappa shape index (κ3) is 46.6. The van der Waals surface area contributed by atoms with Gasteiger partial charge in [0.05, 0.1) is 32.0 Å². The molecule has 2 heterocycles. The minimum atomic E-state index is -1.79. The van der Waals surface area contributed by atoms with Crippen molar-refractivity contribution < 1.29 is 64.6 Å². The molecule has 0 bridgehead atoms. The van der Waals surface area contributed by atoms with Crippen LogP contribution in [0.15, 0.2) is 60.8 Å². The smallest absolute Gasteiger partial charge is 0.220 e. The van der Waals surface area contributed by atoms with Gasteiger partial charge < -0.3 is 65.1 Å². The van der Waals surface area contributed by atoms with Crippen LogP contribution < -0.4 is 5.32 Å². The first kappa shape index (κ1) is 86.8. The van der Waals surface area contributed by atoms with Crippen LogP contribution in [-0.4, -0.2) is 140 Å². The summed E-state index contributed by atoms with van der Waals surface area (Å²) >= 11 is 0. The van der Waals surface area contributed by atoms with E-state index in [0.29, 0.717) is 6.42 Å². The average molecular weight is 1320 g/mol. The van der Waals surface area contributed by atoms with Gasteiger partial charge >= 0.3 is 0 Å². The molecule has 2 fully saturated rings. The van der Waals surface area contributed by atoms with Gasteiger partial charge in [0.2, 0.25) is 5.91 Å². The largest absolute Gasteiger partial charge is 0.394 e. The molecule has 0 radical (unpaired) electrons. The number of hydrogen-bond acceptors (Lipinski definition) is 13. The minimum Gasteiger partial charge on any atom is -0.394 e. The topological polar surface area (TPSA) is 228 Å². The summed E-state index contributed by atoms with van der Waals surface area (Å²) in [7, 11) is 0. The first-order chi connectivity index (χ1) is 45.6. The van der Waals surface area contributed by atoms with E-state index in [0.717, 1.165) is 64.2 Å². The number of hydrogen-bond donors (Lipinski definition) is 9. The Morgan fingerprint density at radius 3 is 1.14 bits per heavy atom. The van der Waals surface area contributed by atoms with Gasteiger partial charge in [0, 0.05) is 6.42 Å². The van der Waals surface area contributed by atoms with E-state index in [1.807, 2.05) is 6.08 Å². The fraction of sp³-hybridized carbons (Fsp3) is 0.861. The maximum Gasteiger partial charge on any atom is 0.220 e. The number of nitrogens with one attached hydrogen (secondary N) is 1. The van der Waals surface area contributed by atoms with Crippen LogP contribution in [0.4, 0.5) is 0 Å². The normalized spacial score (nSPS) is 22.9. The molecular formula is C79H145NO13. The van der Waals surface area contributed by atoms with E-state index in [1.165, 1.54) is 250 Å². The van der Waals surface area contributed by atoms with Gasteiger partial charge in [-0.15, -0.1) is 0 Å². The van der Waals surface area contributed by atoms with Crippen LogP contribution in [0, 0.1) is 0 Å². The Labute approximate surface area is 568 Å². The number of rotatable bonds is 65. The summed E-state index contributed by atoms with van der Waals surface area (Å²) in [4.78, 5) is 13.4. The lowest BCUT2D eigenvalue weighted by Crippen LogP contribution is -2.65. The molecule has 0 aromatic carbocycles. The highest BCUT2D eigenvalue weighted by atomic mass is 16.7. The summed E-state index contributed by atoms with van der Waals surface area (Å²) < 4.78 is 22.9. The fourth-order valence-corrected chi connectivity index (χ4v) is 12.8. The van der Waals surface area contributed by atoms with E-state index in [-0.39, 0.29) is 18.9 Å². The molecule has 2 aliphatic rings. The Morgan fingerprint density at radius 2 is 0.742 bits per heavy atom. The van der Waals surface area contributed by atoms with E-state index in [4.69, 9.17) is 18.9 Å². The SMILES string of the molecule is CC/C=C\C/C=C\C/C=C\C/C=C\CCCCCCCCCCCCCCCCCCCCC(=O)NC(COC1OC(CO)C(OC2OC(CO)C(O)C(O)C2O)C(O)C1O)C(O)/C=C/CCCCCCCCCCCCCCCCCCCCCCCCCCCC. The number of carbonyl (C=O) groups excluding carboxylic acids is 1. The summed E-state index contributed by atoms with van der Waals surface area (Å²) in [5, 5.41) is 87.7. The highest BCUT2D eigenvalue weighted by molar-refractivity contribution is 5.76. The second-order valence-electron chi connectivity index (χ2n) is 27.5. The Kier molecular flexibility index (Phi) is 58.9. The monoisotopic (exact) mass is 1320 g/mol. The van der Waals surface area contributed by atoms with Crippen LogP contribution >= 0.6 is 0 Å². The van der Waals surface area contributed by atoms with E-state index < -0.39 is 86.8 Å². The summed E-state index contributed by atoms with van der Waals surface area (Å²) in [5.74, 6) is -0.234. The molecule has 544 valence electrons. The Hall–Kier alpha value is -2.31. The molecule has 0 aromatic heterocycles. The van der Waals surface area contributed by atoms with Crippen LogP contribution in [0.1, 0.15) is 341 Å². The molecule has 93 heavy (non-hydrogen) atoms. The van der Waals surface area contributed by atoms with Crippen molar-refractivity contribution >= 4 is 5.91 Å². The molecule has 0 spiro atoms. The van der Waals surface area contributed by atoms with Gasteiger partial charge in [-0.05, 0) is 57.8 Å². The van der Waals surface area contributed by atoms with E-state index in [9.17, 15) is 45.6 Å². The van der Waals surface area contributed by atoms with Crippen molar-refractivity contribution in [3.8, 4) is 0 Å². The third-order valence-corrected chi connectivity index (χ3v) is 19.0. The van der Waals surface area contributed by atoms with Gasteiger partial charge in [-0.25, -0.2) is 0 Å². The molecule has 14 nitrogen and oxygen atoms in total. The standard InChI is InChI=1S/C79H145NO13/c1-3-5-7-9-11-13-15-17-19-21-23-25-27-29-31-33-34-35-37-39-41-43-45-47-49-51-53-55-57-59-61-63-71(84)80-67(66-90-78-76(89)74(87)77(70(65-82)92-78)93-79-75(88)73(86)72(85)69(64-81)91-79)68(83)62-60-58-56-54-52-50-48-46-44-42-40-38-36-32-30-28-26-24-22-20-18-16-14-12-10-8-6-4-2/h5,7,11,13,17,19,23,25,60,62,67-70,72-79,81-83,85-89H,3-4,6,8-10,12,14-16,18,20-22,24,26-59,61,63-66H2,1-2H3,(H,80,84)/b7-5-,13-11-,19-17-,25-23-,62-60+. The van der Waals surface area contributed by atoms with E-state index >= 15 is 0 Å².